The Kier molecular flexibility index (Phi) is 6.48. The summed E-state index contributed by atoms with van der Waals surface area (Å²) in [5.74, 6) is -0.152. The summed E-state index contributed by atoms with van der Waals surface area (Å²) < 4.78 is 44.2. The zero-order valence-corrected chi connectivity index (χ0v) is 17.5. The number of benzene rings is 1. The molecule has 0 saturated carbocycles. The fourth-order valence-electron chi connectivity index (χ4n) is 4.76. The molecular formula is C22H24ClF3N2O3. The number of aliphatic hydroxyl groups excluding tert-OH is 1. The Morgan fingerprint density at radius 1 is 1.23 bits per heavy atom. The highest BCUT2D eigenvalue weighted by Gasteiger charge is 2.42. The second-order valence-corrected chi connectivity index (χ2v) is 8.55. The normalized spacial score (nSPS) is 29.5. The average Bonchev–Trinajstić information content (AvgIpc) is 3.11. The molecule has 1 N–H and O–H groups in total. The lowest BCUT2D eigenvalue weighted by Gasteiger charge is -2.40. The van der Waals surface area contributed by atoms with E-state index in [1.54, 1.807) is 17.1 Å². The summed E-state index contributed by atoms with van der Waals surface area (Å²) >= 11 is 6.02. The number of carbonyl (C=O) groups is 1. The van der Waals surface area contributed by atoms with Gasteiger partial charge < -0.3 is 14.7 Å². The van der Waals surface area contributed by atoms with Crippen molar-refractivity contribution >= 4 is 23.2 Å². The van der Waals surface area contributed by atoms with E-state index in [1.165, 1.54) is 18.2 Å². The molecule has 2 fully saturated rings. The smallest absolute Gasteiger partial charge is 0.387 e. The molecule has 1 aliphatic carbocycles. The van der Waals surface area contributed by atoms with Crippen molar-refractivity contribution < 1.29 is 27.8 Å². The molecule has 31 heavy (non-hydrogen) atoms. The maximum Gasteiger partial charge on any atom is 0.387 e. The first-order chi connectivity index (χ1) is 14.8. The molecule has 168 valence electrons. The van der Waals surface area contributed by atoms with E-state index in [0.717, 1.165) is 0 Å². The number of alkyl halides is 3. The van der Waals surface area contributed by atoms with Crippen LogP contribution in [0.15, 0.2) is 42.2 Å². The Bertz CT molecular complexity index is 895. The molecule has 1 aromatic carbocycles. The van der Waals surface area contributed by atoms with Gasteiger partial charge in [-0.25, -0.2) is 4.39 Å². The number of allylic oxidation sites excluding steroid dienone is 3. The van der Waals surface area contributed by atoms with E-state index in [1.807, 2.05) is 11.0 Å². The van der Waals surface area contributed by atoms with Crippen LogP contribution < -0.4 is 9.64 Å². The van der Waals surface area contributed by atoms with Crippen LogP contribution in [0.25, 0.3) is 0 Å². The van der Waals surface area contributed by atoms with Crippen LogP contribution in [-0.2, 0) is 4.79 Å². The number of aliphatic hydroxyl groups is 1. The second-order valence-electron chi connectivity index (χ2n) is 8.14. The van der Waals surface area contributed by atoms with Crippen molar-refractivity contribution in [2.24, 2.45) is 11.8 Å². The largest absolute Gasteiger partial charge is 0.508 e. The molecule has 0 spiro atoms. The topological polar surface area (TPSA) is 53.0 Å². The summed E-state index contributed by atoms with van der Waals surface area (Å²) in [5.41, 5.74) is 0.504. The van der Waals surface area contributed by atoms with Gasteiger partial charge in [-0.05, 0) is 68.0 Å². The Morgan fingerprint density at radius 2 is 2.03 bits per heavy atom. The fraction of sp³-hybridized carbons (Fsp3) is 0.500. The number of amides is 1. The highest BCUT2D eigenvalue weighted by atomic mass is 35.5. The molecule has 1 unspecified atom stereocenters. The van der Waals surface area contributed by atoms with Crippen molar-refractivity contribution in [3.63, 3.8) is 0 Å². The lowest BCUT2D eigenvalue weighted by Crippen LogP contribution is -2.51. The van der Waals surface area contributed by atoms with Gasteiger partial charge in [-0.1, -0.05) is 17.7 Å². The van der Waals surface area contributed by atoms with Crippen molar-refractivity contribution in [3.05, 3.63) is 47.2 Å². The fourth-order valence-corrected chi connectivity index (χ4v) is 4.98. The van der Waals surface area contributed by atoms with E-state index in [0.29, 0.717) is 38.0 Å². The Balaban J connectivity index is 1.38. The Morgan fingerprint density at radius 3 is 2.68 bits per heavy atom. The highest BCUT2D eigenvalue weighted by Crippen LogP contribution is 2.36. The SMILES string of the molecule is O=C1[C@H](N2CC[C@@H](C3C=CC(O)=CC3)[C@H](F)C2)CCN1c1ccc(OC(F)F)c(Cl)c1. The van der Waals surface area contributed by atoms with Gasteiger partial charge in [-0.3, -0.25) is 9.69 Å². The lowest BCUT2D eigenvalue weighted by molar-refractivity contribution is -0.122. The summed E-state index contributed by atoms with van der Waals surface area (Å²) in [6.45, 7) is -1.72. The Hall–Kier alpha value is -2.19. The minimum Gasteiger partial charge on any atom is -0.508 e. The van der Waals surface area contributed by atoms with E-state index in [2.05, 4.69) is 4.74 Å². The molecular weight excluding hydrogens is 433 g/mol. The molecule has 3 aliphatic rings. The van der Waals surface area contributed by atoms with Gasteiger partial charge in [-0.2, -0.15) is 8.78 Å². The van der Waals surface area contributed by atoms with E-state index in [9.17, 15) is 18.7 Å². The van der Waals surface area contributed by atoms with Crippen LogP contribution in [0.4, 0.5) is 18.9 Å². The first-order valence-corrected chi connectivity index (χ1v) is 10.7. The van der Waals surface area contributed by atoms with Crippen molar-refractivity contribution in [1.29, 1.82) is 0 Å². The third-order valence-corrected chi connectivity index (χ3v) is 6.64. The maximum absolute atomic E-state index is 15.0. The maximum atomic E-state index is 15.0. The summed E-state index contributed by atoms with van der Waals surface area (Å²) in [4.78, 5) is 16.5. The van der Waals surface area contributed by atoms with Gasteiger partial charge in [0.15, 0.2) is 0 Å². The third kappa shape index (κ3) is 4.70. The van der Waals surface area contributed by atoms with Gasteiger partial charge in [0.2, 0.25) is 5.91 Å². The summed E-state index contributed by atoms with van der Waals surface area (Å²) in [6.07, 6.45) is 5.97. The van der Waals surface area contributed by atoms with E-state index in [-0.39, 0.29) is 40.8 Å². The summed E-state index contributed by atoms with van der Waals surface area (Å²) in [5, 5.41) is 9.48. The number of nitrogens with zero attached hydrogens (tertiary/aromatic N) is 2. The molecule has 5 nitrogen and oxygen atoms in total. The van der Waals surface area contributed by atoms with E-state index in [4.69, 9.17) is 11.6 Å². The van der Waals surface area contributed by atoms with E-state index < -0.39 is 18.8 Å². The molecule has 0 bridgehead atoms. The zero-order valence-electron chi connectivity index (χ0n) is 16.8. The molecule has 1 aromatic rings. The number of hydrogen-bond acceptors (Lipinski definition) is 4. The highest BCUT2D eigenvalue weighted by molar-refractivity contribution is 6.32. The van der Waals surface area contributed by atoms with Gasteiger partial charge in [0.1, 0.15) is 17.7 Å². The van der Waals surface area contributed by atoms with Gasteiger partial charge in [0.05, 0.1) is 11.1 Å². The van der Waals surface area contributed by atoms with Crippen molar-refractivity contribution in [1.82, 2.24) is 4.90 Å². The number of likely N-dealkylation sites (tertiary alicyclic amines) is 1. The van der Waals surface area contributed by atoms with E-state index >= 15 is 4.39 Å². The number of anilines is 1. The van der Waals surface area contributed by atoms with Crippen LogP contribution in [0, 0.1) is 11.8 Å². The quantitative estimate of drug-likeness (QED) is 0.696. The average molecular weight is 457 g/mol. The number of piperidine rings is 1. The minimum atomic E-state index is -2.98. The van der Waals surface area contributed by atoms with Gasteiger partial charge in [0.25, 0.3) is 0 Å². The standard InChI is InChI=1S/C22H24ClF3N2O3/c23-17-11-14(3-6-20(17)31-22(25)26)28-10-8-19(21(28)30)27-9-7-16(18(24)12-27)13-1-4-15(29)5-2-13/h1,3-6,11,13,16,18-19,22,29H,2,7-10,12H2/t13?,16-,18+,19+/m0/s1. The molecule has 4 rings (SSSR count). The summed E-state index contributed by atoms with van der Waals surface area (Å²) in [7, 11) is 0. The zero-order chi connectivity index (χ0) is 22.1. The van der Waals surface area contributed by atoms with Crippen LogP contribution in [0.5, 0.6) is 5.75 Å². The molecule has 2 aliphatic heterocycles. The van der Waals surface area contributed by atoms with Crippen LogP contribution in [0.2, 0.25) is 5.02 Å². The molecule has 1 amide bonds. The monoisotopic (exact) mass is 456 g/mol. The van der Waals surface area contributed by atoms with Crippen LogP contribution in [0.1, 0.15) is 19.3 Å². The van der Waals surface area contributed by atoms with Crippen LogP contribution in [-0.4, -0.2) is 54.4 Å². The van der Waals surface area contributed by atoms with Crippen LogP contribution in [0.3, 0.4) is 0 Å². The third-order valence-electron chi connectivity index (χ3n) is 6.35. The molecule has 4 atom stereocenters. The second kappa shape index (κ2) is 9.12. The number of ether oxygens (including phenoxy) is 1. The number of carbonyl (C=O) groups excluding carboxylic acids is 1. The lowest BCUT2D eigenvalue weighted by atomic mass is 9.79. The minimum absolute atomic E-state index is 0.000639. The number of hydrogen-bond donors (Lipinski definition) is 1. The molecule has 2 heterocycles. The predicted molar refractivity (Wildman–Crippen MR) is 111 cm³/mol. The first kappa shape index (κ1) is 22.0. The van der Waals surface area contributed by atoms with Crippen LogP contribution >= 0.6 is 11.6 Å². The van der Waals surface area contributed by atoms with Crippen molar-refractivity contribution in [3.8, 4) is 5.75 Å². The molecule has 0 aromatic heterocycles. The first-order valence-electron chi connectivity index (χ1n) is 10.3. The van der Waals surface area contributed by atoms with Crippen molar-refractivity contribution in [2.75, 3.05) is 24.5 Å². The van der Waals surface area contributed by atoms with Gasteiger partial charge >= 0.3 is 6.61 Å². The Labute approximate surface area is 183 Å². The number of halogens is 4. The molecule has 9 heteroatoms. The van der Waals surface area contributed by atoms with Gasteiger partial charge in [-0.15, -0.1) is 0 Å². The predicted octanol–water partition coefficient (Wildman–Crippen LogP) is 4.72. The molecule has 2 saturated heterocycles. The van der Waals surface area contributed by atoms with Crippen molar-refractivity contribution in [2.45, 2.75) is 38.1 Å². The summed E-state index contributed by atoms with van der Waals surface area (Å²) in [6, 6.07) is 3.85. The number of rotatable bonds is 5. The molecule has 0 radical (unpaired) electrons. The van der Waals surface area contributed by atoms with Gasteiger partial charge in [0, 0.05) is 18.8 Å².